The number of carboxylic acid groups (broad SMARTS) is 1. The van der Waals surface area contributed by atoms with Crippen molar-refractivity contribution in [3.8, 4) is 0 Å². The van der Waals surface area contributed by atoms with E-state index < -0.39 is 23.6 Å². The van der Waals surface area contributed by atoms with E-state index in [1.54, 1.807) is 0 Å². The first-order chi connectivity index (χ1) is 8.88. The van der Waals surface area contributed by atoms with Gasteiger partial charge in [-0.15, -0.1) is 0 Å². The van der Waals surface area contributed by atoms with Gasteiger partial charge in [-0.2, -0.15) is 13.2 Å². The van der Waals surface area contributed by atoms with Crippen LogP contribution in [0.3, 0.4) is 0 Å². The van der Waals surface area contributed by atoms with Gasteiger partial charge in [-0.05, 0) is 42.5 Å². The van der Waals surface area contributed by atoms with Gasteiger partial charge in [-0.25, -0.2) is 0 Å². The molecule has 0 bridgehead atoms. The molecule has 1 N–H and O–H groups in total. The van der Waals surface area contributed by atoms with Gasteiger partial charge in [0, 0.05) is 0 Å². The summed E-state index contributed by atoms with van der Waals surface area (Å²) in [4.78, 5) is 10.9. The zero-order valence-electron chi connectivity index (χ0n) is 10.1. The minimum Gasteiger partial charge on any atom is -0.481 e. The summed E-state index contributed by atoms with van der Waals surface area (Å²) in [5.74, 6) is -1.29. The van der Waals surface area contributed by atoms with Gasteiger partial charge in [0.25, 0.3) is 0 Å². The van der Waals surface area contributed by atoms with Gasteiger partial charge in [-0.1, -0.05) is 18.2 Å². The second-order valence-electron chi connectivity index (χ2n) is 4.62. The number of aliphatic carboxylic acids is 1. The van der Waals surface area contributed by atoms with Crippen LogP contribution in [-0.2, 0) is 11.0 Å². The minimum absolute atomic E-state index is 0.376. The summed E-state index contributed by atoms with van der Waals surface area (Å²) in [6.07, 6.45) is -0.835. The van der Waals surface area contributed by atoms with Crippen molar-refractivity contribution in [3.05, 3.63) is 41.5 Å². The van der Waals surface area contributed by atoms with Crippen LogP contribution in [-0.4, -0.2) is 11.1 Å². The highest BCUT2D eigenvalue weighted by Crippen LogP contribution is 2.33. The van der Waals surface area contributed by atoms with Gasteiger partial charge in [0.05, 0.1) is 11.5 Å². The Balaban J connectivity index is 2.19. The fourth-order valence-electron chi connectivity index (χ4n) is 2.23. The third-order valence-corrected chi connectivity index (χ3v) is 3.30. The average molecular weight is 270 g/mol. The zero-order valence-corrected chi connectivity index (χ0v) is 10.1. The first kappa shape index (κ1) is 13.6. The summed E-state index contributed by atoms with van der Waals surface area (Å²) in [7, 11) is 0. The zero-order chi connectivity index (χ0) is 14.0. The SMILES string of the molecule is O=C(O)[C@@H]1CCC=C(c2ccc(C(F)(F)F)cc2)C1. The van der Waals surface area contributed by atoms with Crippen LogP contribution < -0.4 is 0 Å². The van der Waals surface area contributed by atoms with E-state index in [1.807, 2.05) is 6.08 Å². The largest absolute Gasteiger partial charge is 0.481 e. The van der Waals surface area contributed by atoms with Gasteiger partial charge < -0.3 is 5.11 Å². The maximum absolute atomic E-state index is 12.4. The van der Waals surface area contributed by atoms with Crippen LogP contribution >= 0.6 is 0 Å². The second-order valence-corrected chi connectivity index (χ2v) is 4.62. The third kappa shape index (κ3) is 3.16. The Hall–Kier alpha value is -1.78. The highest BCUT2D eigenvalue weighted by atomic mass is 19.4. The third-order valence-electron chi connectivity index (χ3n) is 3.30. The Bertz CT molecular complexity index is 500. The van der Waals surface area contributed by atoms with Gasteiger partial charge in [0.15, 0.2) is 0 Å². The molecule has 0 saturated carbocycles. The molecule has 0 amide bonds. The number of rotatable bonds is 2. The number of halogens is 3. The van der Waals surface area contributed by atoms with Crippen LogP contribution in [0, 0.1) is 5.92 Å². The summed E-state index contributed by atoms with van der Waals surface area (Å²) in [6.45, 7) is 0. The van der Waals surface area contributed by atoms with Gasteiger partial charge >= 0.3 is 12.1 Å². The van der Waals surface area contributed by atoms with Crippen molar-refractivity contribution in [1.29, 1.82) is 0 Å². The molecule has 1 aliphatic carbocycles. The molecule has 102 valence electrons. The lowest BCUT2D eigenvalue weighted by Crippen LogP contribution is -2.16. The van der Waals surface area contributed by atoms with Gasteiger partial charge in [-0.3, -0.25) is 4.79 Å². The van der Waals surface area contributed by atoms with Crippen molar-refractivity contribution in [1.82, 2.24) is 0 Å². The normalized spacial score (nSPS) is 19.9. The first-order valence-corrected chi connectivity index (χ1v) is 5.97. The molecule has 19 heavy (non-hydrogen) atoms. The summed E-state index contributed by atoms with van der Waals surface area (Å²) in [5.41, 5.74) is 0.786. The van der Waals surface area contributed by atoms with Crippen molar-refractivity contribution in [2.45, 2.75) is 25.4 Å². The molecule has 0 spiro atoms. The van der Waals surface area contributed by atoms with E-state index in [2.05, 4.69) is 0 Å². The van der Waals surface area contributed by atoms with Crippen LogP contribution in [0.25, 0.3) is 5.57 Å². The fraction of sp³-hybridized carbons (Fsp3) is 0.357. The van der Waals surface area contributed by atoms with Crippen molar-refractivity contribution < 1.29 is 23.1 Å². The Labute approximate surface area is 108 Å². The number of hydrogen-bond donors (Lipinski definition) is 1. The molecule has 0 aromatic heterocycles. The lowest BCUT2D eigenvalue weighted by molar-refractivity contribution is -0.142. The van der Waals surface area contributed by atoms with Crippen LogP contribution in [0.2, 0.25) is 0 Å². The van der Waals surface area contributed by atoms with Crippen molar-refractivity contribution in [3.63, 3.8) is 0 Å². The monoisotopic (exact) mass is 270 g/mol. The molecular weight excluding hydrogens is 257 g/mol. The summed E-state index contributed by atoms with van der Waals surface area (Å²) < 4.78 is 37.3. The molecule has 1 atom stereocenters. The van der Waals surface area contributed by atoms with Gasteiger partial charge in [0.2, 0.25) is 0 Å². The fourth-order valence-corrected chi connectivity index (χ4v) is 2.23. The van der Waals surface area contributed by atoms with Gasteiger partial charge in [0.1, 0.15) is 0 Å². The van der Waals surface area contributed by atoms with E-state index in [9.17, 15) is 18.0 Å². The topological polar surface area (TPSA) is 37.3 Å². The number of carbonyl (C=O) groups is 1. The smallest absolute Gasteiger partial charge is 0.416 e. The molecule has 2 rings (SSSR count). The number of benzene rings is 1. The Morgan fingerprint density at radius 1 is 1.21 bits per heavy atom. The maximum Gasteiger partial charge on any atom is 0.416 e. The number of alkyl halides is 3. The molecule has 0 unspecified atom stereocenters. The molecule has 0 saturated heterocycles. The van der Waals surface area contributed by atoms with Crippen LogP contribution in [0.1, 0.15) is 30.4 Å². The van der Waals surface area contributed by atoms with E-state index in [-0.39, 0.29) is 0 Å². The minimum atomic E-state index is -4.34. The number of hydrogen-bond acceptors (Lipinski definition) is 1. The molecule has 2 nitrogen and oxygen atoms in total. The first-order valence-electron chi connectivity index (χ1n) is 5.97. The van der Waals surface area contributed by atoms with E-state index in [0.717, 1.165) is 17.7 Å². The molecule has 0 aliphatic heterocycles. The average Bonchev–Trinajstić information content (AvgIpc) is 2.38. The molecule has 0 radical (unpaired) electrons. The Morgan fingerprint density at radius 2 is 1.84 bits per heavy atom. The van der Waals surface area contributed by atoms with E-state index in [4.69, 9.17) is 5.11 Å². The predicted octanol–water partition coefficient (Wildman–Crippen LogP) is 3.97. The van der Waals surface area contributed by atoms with Crippen LogP contribution in [0.4, 0.5) is 13.2 Å². The standard InChI is InChI=1S/C14H13F3O2/c15-14(16,17)12-6-4-9(5-7-12)10-2-1-3-11(8-10)13(18)19/h2,4-7,11H,1,3,8H2,(H,18,19)/t11-/m1/s1. The number of carboxylic acids is 1. The highest BCUT2D eigenvalue weighted by Gasteiger charge is 2.30. The summed E-state index contributed by atoms with van der Waals surface area (Å²) in [6, 6.07) is 4.86. The van der Waals surface area contributed by atoms with Crippen molar-refractivity contribution in [2.75, 3.05) is 0 Å². The molecule has 1 aromatic carbocycles. The van der Waals surface area contributed by atoms with Crippen molar-refractivity contribution in [2.24, 2.45) is 5.92 Å². The second kappa shape index (κ2) is 5.07. The maximum atomic E-state index is 12.4. The van der Waals surface area contributed by atoms with Crippen LogP contribution in [0.5, 0.6) is 0 Å². The van der Waals surface area contributed by atoms with Crippen molar-refractivity contribution >= 4 is 11.5 Å². The molecule has 5 heteroatoms. The number of allylic oxidation sites excluding steroid dienone is 2. The Morgan fingerprint density at radius 3 is 2.37 bits per heavy atom. The molecule has 1 aromatic rings. The molecule has 0 fully saturated rings. The highest BCUT2D eigenvalue weighted by molar-refractivity contribution is 5.76. The summed E-state index contributed by atoms with van der Waals surface area (Å²) in [5, 5.41) is 8.98. The Kier molecular flexibility index (Phi) is 3.64. The lowest BCUT2D eigenvalue weighted by Gasteiger charge is -2.19. The van der Waals surface area contributed by atoms with E-state index in [1.165, 1.54) is 12.1 Å². The molecule has 1 aliphatic rings. The lowest BCUT2D eigenvalue weighted by atomic mass is 9.85. The molecular formula is C14H13F3O2. The summed E-state index contributed by atoms with van der Waals surface area (Å²) >= 11 is 0. The predicted molar refractivity (Wildman–Crippen MR) is 64.4 cm³/mol. The van der Waals surface area contributed by atoms with Crippen LogP contribution in [0.15, 0.2) is 30.3 Å². The van der Waals surface area contributed by atoms with E-state index >= 15 is 0 Å². The van der Waals surface area contributed by atoms with E-state index in [0.29, 0.717) is 24.8 Å². The molecule has 0 heterocycles. The quantitative estimate of drug-likeness (QED) is 0.882.